The van der Waals surface area contributed by atoms with Crippen molar-refractivity contribution in [1.82, 2.24) is 15.1 Å². The second-order valence-corrected chi connectivity index (χ2v) is 6.26. The third-order valence-electron chi connectivity index (χ3n) is 3.95. The van der Waals surface area contributed by atoms with Gasteiger partial charge in [0, 0.05) is 29.3 Å². The van der Waals surface area contributed by atoms with Crippen LogP contribution in [0.15, 0.2) is 65.5 Å². The van der Waals surface area contributed by atoms with Crippen LogP contribution in [0.2, 0.25) is 5.02 Å². The average Bonchev–Trinajstić information content (AvgIpc) is 2.69. The minimum absolute atomic E-state index is 0.0631. The van der Waals surface area contributed by atoms with Crippen LogP contribution in [0.5, 0.6) is 0 Å². The highest BCUT2D eigenvalue weighted by molar-refractivity contribution is 6.31. The molecule has 1 aromatic heterocycles. The topological polar surface area (TPSA) is 107 Å². The molecule has 0 aliphatic heterocycles. The summed E-state index contributed by atoms with van der Waals surface area (Å²) in [5.41, 5.74) is 0.675. The minimum atomic E-state index is -0.652. The van der Waals surface area contributed by atoms with Crippen molar-refractivity contribution in [3.05, 3.63) is 91.7 Å². The number of hydrogen-bond donors (Lipinski definition) is 1. The number of nitro benzene ring substituents is 1. The number of carbonyl (C=O) groups excluding carboxylic acids is 1. The van der Waals surface area contributed by atoms with Gasteiger partial charge in [-0.1, -0.05) is 41.9 Å². The van der Waals surface area contributed by atoms with E-state index < -0.39 is 10.8 Å². The molecule has 0 spiro atoms. The molecule has 1 amide bonds. The molecule has 2 aromatic carbocycles. The number of nitrogens with zero attached hydrogens (tertiary/aromatic N) is 3. The molecule has 0 unspecified atom stereocenters. The van der Waals surface area contributed by atoms with Crippen molar-refractivity contribution < 1.29 is 9.72 Å². The van der Waals surface area contributed by atoms with Crippen LogP contribution in [-0.2, 0) is 6.54 Å². The first-order valence-electron chi connectivity index (χ1n) is 8.31. The first-order valence-corrected chi connectivity index (χ1v) is 8.69. The van der Waals surface area contributed by atoms with Crippen LogP contribution in [0.4, 0.5) is 5.69 Å². The average molecular weight is 399 g/mol. The second kappa shape index (κ2) is 8.45. The van der Waals surface area contributed by atoms with Gasteiger partial charge < -0.3 is 5.32 Å². The van der Waals surface area contributed by atoms with Crippen LogP contribution in [0, 0.1) is 10.1 Å². The highest BCUT2D eigenvalue weighted by atomic mass is 35.5. The molecule has 0 radical (unpaired) electrons. The molecule has 8 nitrogen and oxygen atoms in total. The van der Waals surface area contributed by atoms with E-state index in [1.807, 2.05) is 30.3 Å². The zero-order chi connectivity index (χ0) is 20.1. The third-order valence-corrected chi connectivity index (χ3v) is 4.18. The molecule has 3 aromatic rings. The first kappa shape index (κ1) is 19.2. The Morgan fingerprint density at radius 1 is 1.14 bits per heavy atom. The van der Waals surface area contributed by atoms with Crippen molar-refractivity contribution in [2.75, 3.05) is 6.54 Å². The summed E-state index contributed by atoms with van der Waals surface area (Å²) >= 11 is 5.83. The van der Waals surface area contributed by atoms with Gasteiger partial charge in [-0.15, -0.1) is 0 Å². The summed E-state index contributed by atoms with van der Waals surface area (Å²) in [5, 5.41) is 18.1. The number of hydrogen-bond acceptors (Lipinski definition) is 5. The molecule has 0 atom stereocenters. The van der Waals surface area contributed by atoms with Gasteiger partial charge in [-0.25, -0.2) is 4.68 Å². The number of amides is 1. The number of benzene rings is 2. The van der Waals surface area contributed by atoms with Gasteiger partial charge in [-0.05, 0) is 18.2 Å². The predicted octanol–water partition coefficient (Wildman–Crippen LogP) is 2.90. The SMILES string of the molecule is O=C(NCCn1nc(-c2ccccc2)ccc1=O)c1cc(Cl)ccc1[N+](=O)[O-]. The van der Waals surface area contributed by atoms with Crippen molar-refractivity contribution in [1.29, 1.82) is 0 Å². The number of aromatic nitrogens is 2. The molecule has 3 rings (SSSR count). The molecule has 1 heterocycles. The normalized spacial score (nSPS) is 10.5. The molecule has 28 heavy (non-hydrogen) atoms. The summed E-state index contributed by atoms with van der Waals surface area (Å²) < 4.78 is 1.23. The van der Waals surface area contributed by atoms with E-state index >= 15 is 0 Å². The number of halogens is 1. The summed E-state index contributed by atoms with van der Waals surface area (Å²) in [4.78, 5) is 34.7. The Morgan fingerprint density at radius 3 is 2.61 bits per heavy atom. The lowest BCUT2D eigenvalue weighted by atomic mass is 10.1. The molecule has 142 valence electrons. The fourth-order valence-corrected chi connectivity index (χ4v) is 2.76. The lowest BCUT2D eigenvalue weighted by Crippen LogP contribution is -2.32. The molecule has 1 N–H and O–H groups in total. The Labute approximate surface area is 164 Å². The molecule has 0 saturated carbocycles. The van der Waals surface area contributed by atoms with Crippen molar-refractivity contribution in [3.63, 3.8) is 0 Å². The van der Waals surface area contributed by atoms with E-state index in [1.54, 1.807) is 6.07 Å². The van der Waals surface area contributed by atoms with Crippen LogP contribution in [0.25, 0.3) is 11.3 Å². The lowest BCUT2D eigenvalue weighted by molar-refractivity contribution is -0.385. The maximum atomic E-state index is 12.3. The lowest BCUT2D eigenvalue weighted by Gasteiger charge is -2.09. The zero-order valence-corrected chi connectivity index (χ0v) is 15.3. The number of carbonyl (C=O) groups is 1. The Kier molecular flexibility index (Phi) is 5.81. The Balaban J connectivity index is 1.72. The van der Waals surface area contributed by atoms with Gasteiger partial charge in [0.25, 0.3) is 17.2 Å². The van der Waals surface area contributed by atoms with E-state index in [2.05, 4.69) is 10.4 Å². The summed E-state index contributed by atoms with van der Waals surface area (Å²) in [7, 11) is 0. The van der Waals surface area contributed by atoms with Crippen molar-refractivity contribution in [2.24, 2.45) is 0 Å². The number of nitro groups is 1. The fraction of sp³-hybridized carbons (Fsp3) is 0.105. The highest BCUT2D eigenvalue weighted by Crippen LogP contribution is 2.22. The van der Waals surface area contributed by atoms with Crippen molar-refractivity contribution in [2.45, 2.75) is 6.54 Å². The summed E-state index contributed by atoms with van der Waals surface area (Å²) in [6.07, 6.45) is 0. The van der Waals surface area contributed by atoms with Gasteiger partial charge in [0.15, 0.2) is 0 Å². The van der Waals surface area contributed by atoms with Crippen LogP contribution >= 0.6 is 11.6 Å². The number of nitrogens with one attached hydrogen (secondary N) is 1. The van der Waals surface area contributed by atoms with Crippen molar-refractivity contribution >= 4 is 23.2 Å². The molecule has 0 aliphatic carbocycles. The van der Waals surface area contributed by atoms with Crippen LogP contribution in [-0.4, -0.2) is 27.2 Å². The van der Waals surface area contributed by atoms with Gasteiger partial charge in [-0.2, -0.15) is 5.10 Å². The van der Waals surface area contributed by atoms with Gasteiger partial charge in [0.2, 0.25) is 0 Å². The molecular formula is C19H15ClN4O4. The van der Waals surface area contributed by atoms with E-state index in [1.165, 1.54) is 28.9 Å². The molecule has 0 aliphatic rings. The first-order chi connectivity index (χ1) is 13.5. The third kappa shape index (κ3) is 4.41. The largest absolute Gasteiger partial charge is 0.350 e. The number of rotatable bonds is 6. The maximum absolute atomic E-state index is 12.3. The molecule has 0 saturated heterocycles. The predicted molar refractivity (Wildman–Crippen MR) is 104 cm³/mol. The van der Waals surface area contributed by atoms with E-state index in [-0.39, 0.29) is 34.9 Å². The Hall–Kier alpha value is -3.52. The monoisotopic (exact) mass is 398 g/mol. The zero-order valence-electron chi connectivity index (χ0n) is 14.5. The molecule has 0 fully saturated rings. The Morgan fingerprint density at radius 2 is 1.89 bits per heavy atom. The summed E-state index contributed by atoms with van der Waals surface area (Å²) in [5.74, 6) is -0.651. The maximum Gasteiger partial charge on any atom is 0.282 e. The van der Waals surface area contributed by atoms with E-state index in [4.69, 9.17) is 11.6 Å². The quantitative estimate of drug-likeness (QED) is 0.507. The minimum Gasteiger partial charge on any atom is -0.350 e. The van der Waals surface area contributed by atoms with Gasteiger partial charge in [-0.3, -0.25) is 19.7 Å². The van der Waals surface area contributed by atoms with Gasteiger partial charge in [0.1, 0.15) is 5.56 Å². The molecule has 0 bridgehead atoms. The molecular weight excluding hydrogens is 384 g/mol. The smallest absolute Gasteiger partial charge is 0.282 e. The van der Waals surface area contributed by atoms with E-state index in [0.29, 0.717) is 5.69 Å². The van der Waals surface area contributed by atoms with Gasteiger partial charge >= 0.3 is 0 Å². The van der Waals surface area contributed by atoms with Crippen molar-refractivity contribution in [3.8, 4) is 11.3 Å². The Bertz CT molecular complexity index is 1080. The van der Waals surface area contributed by atoms with Crippen LogP contribution in [0.3, 0.4) is 0 Å². The highest BCUT2D eigenvalue weighted by Gasteiger charge is 2.20. The summed E-state index contributed by atoms with van der Waals surface area (Å²) in [6.45, 7) is 0.174. The van der Waals surface area contributed by atoms with E-state index in [9.17, 15) is 19.7 Å². The van der Waals surface area contributed by atoms with Crippen LogP contribution < -0.4 is 10.9 Å². The molecule has 9 heteroatoms. The van der Waals surface area contributed by atoms with Gasteiger partial charge in [0.05, 0.1) is 17.2 Å². The van der Waals surface area contributed by atoms with E-state index in [0.717, 1.165) is 5.56 Å². The fourth-order valence-electron chi connectivity index (χ4n) is 2.59. The standard InChI is InChI=1S/C19H15ClN4O4/c20-14-6-8-17(24(27)28)15(12-14)19(26)21-10-11-23-18(25)9-7-16(22-23)13-4-2-1-3-5-13/h1-9,12H,10-11H2,(H,21,26). The summed E-state index contributed by atoms with van der Waals surface area (Å²) in [6, 6.07) is 16.1. The second-order valence-electron chi connectivity index (χ2n) is 5.82. The van der Waals surface area contributed by atoms with Crippen LogP contribution in [0.1, 0.15) is 10.4 Å².